The van der Waals surface area contributed by atoms with Crippen LogP contribution in [0, 0.1) is 27.7 Å². The molecule has 1 rings (SSSR count). The van der Waals surface area contributed by atoms with Crippen LogP contribution in [0.1, 0.15) is 27.7 Å². The number of nitrogens with zero attached hydrogens (tertiary/aromatic N) is 3. The van der Waals surface area contributed by atoms with Crippen molar-refractivity contribution in [3.8, 4) is 0 Å². The largest absolute Gasteiger partial charge is 0.378 e. The molecule has 0 atom stereocenters. The number of ether oxygens (including phenoxy) is 2. The van der Waals surface area contributed by atoms with Gasteiger partial charge in [-0.1, -0.05) is 13.8 Å². The summed E-state index contributed by atoms with van der Waals surface area (Å²) in [6.07, 6.45) is 2.00. The van der Waals surface area contributed by atoms with E-state index in [0.717, 1.165) is 37.3 Å². The first kappa shape index (κ1) is 42.0. The molecule has 1 heterocycles. The summed E-state index contributed by atoms with van der Waals surface area (Å²) in [6, 6.07) is 0. The van der Waals surface area contributed by atoms with E-state index < -0.39 is 0 Å². The minimum Gasteiger partial charge on any atom is -0.378 e. The monoisotopic (exact) mass is 811 g/mol. The number of piperazine rings is 1. The fourth-order valence-electron chi connectivity index (χ4n) is 2.37. The number of likely N-dealkylation sites (N-methyl/N-ethyl adjacent to an activating group) is 2. The van der Waals surface area contributed by atoms with Gasteiger partial charge in [0.05, 0.1) is 60.7 Å². The molecule has 1 saturated heterocycles. The number of rotatable bonds is 10. The minimum atomic E-state index is -0.0973. The van der Waals surface area contributed by atoms with E-state index in [0.29, 0.717) is 26.4 Å². The molecule has 0 bridgehead atoms. The smallest absolute Gasteiger partial charge is 0.179 e. The first-order chi connectivity index (χ1) is 13.2. The molecule has 0 aromatic heterocycles. The summed E-state index contributed by atoms with van der Waals surface area (Å²) >= 11 is 0. The molecule has 8 heteroatoms. The second kappa shape index (κ2) is 25.4. The van der Waals surface area contributed by atoms with Crippen LogP contribution in [-0.4, -0.2) is 113 Å². The summed E-state index contributed by atoms with van der Waals surface area (Å²) in [6.45, 7) is 25.1. The Balaban J connectivity index is -0.000000258. The van der Waals surface area contributed by atoms with Crippen molar-refractivity contribution in [2.45, 2.75) is 27.7 Å². The molecule has 31 heavy (non-hydrogen) atoms. The van der Waals surface area contributed by atoms with Crippen molar-refractivity contribution in [1.82, 2.24) is 4.90 Å². The number of carbonyl (C=O) groups excluding carboxylic acids is 1. The molecule has 0 spiro atoms. The third-order valence-corrected chi connectivity index (χ3v) is 4.85. The van der Waals surface area contributed by atoms with E-state index in [1.807, 2.05) is 48.2 Å². The van der Waals surface area contributed by atoms with E-state index in [9.17, 15) is 4.79 Å². The van der Waals surface area contributed by atoms with Gasteiger partial charge in [0, 0.05) is 64.4 Å². The third-order valence-electron chi connectivity index (χ3n) is 4.85. The van der Waals surface area contributed by atoms with Crippen LogP contribution in [0.5, 0.6) is 0 Å². The van der Waals surface area contributed by atoms with Gasteiger partial charge in [0.2, 0.25) is 0 Å². The molecule has 1 fully saturated rings. The first-order valence-electron chi connectivity index (χ1n) is 10.6. The van der Waals surface area contributed by atoms with Crippen molar-refractivity contribution < 1.29 is 68.0 Å². The SMILES string of the molecule is CC.C[CH-]C.[Au].[Au].[CH2-]C[N+]1(C)CCN(CCOCCOCC[N+](C)(C)C([CH2-])=O)CC1.[CH3-]. The van der Waals surface area contributed by atoms with E-state index in [2.05, 4.69) is 25.8 Å². The predicted octanol–water partition coefficient (Wildman–Crippen LogP) is 2.75. The van der Waals surface area contributed by atoms with Gasteiger partial charge in [-0.3, -0.25) is 28.0 Å². The van der Waals surface area contributed by atoms with Gasteiger partial charge in [0.15, 0.2) is 5.91 Å². The number of carbonyl (C=O) groups is 1. The zero-order chi connectivity index (χ0) is 22.1. The molecule has 1 aliphatic heterocycles. The van der Waals surface area contributed by atoms with Crippen LogP contribution in [0.15, 0.2) is 0 Å². The van der Waals surface area contributed by atoms with Gasteiger partial charge in [0.25, 0.3) is 0 Å². The van der Waals surface area contributed by atoms with Crippen LogP contribution in [0.2, 0.25) is 0 Å². The maximum Gasteiger partial charge on any atom is 0.179 e. The molecule has 0 unspecified atom stereocenters. The summed E-state index contributed by atoms with van der Waals surface area (Å²) in [5.41, 5.74) is 0. The average Bonchev–Trinajstić information content (AvgIpc) is 2.67. The Kier molecular flexibility index (Phi) is 34.5. The molecule has 0 aromatic rings. The first-order valence-corrected chi connectivity index (χ1v) is 10.6. The van der Waals surface area contributed by atoms with E-state index in [1.165, 1.54) is 13.1 Å². The number of amides is 1. The van der Waals surface area contributed by atoms with Crippen molar-refractivity contribution in [2.75, 3.05) is 93.4 Å². The van der Waals surface area contributed by atoms with Crippen LogP contribution in [-0.2, 0) is 59.0 Å². The van der Waals surface area contributed by atoms with Crippen LogP contribution in [0.3, 0.4) is 0 Å². The van der Waals surface area contributed by atoms with Crippen molar-refractivity contribution in [2.24, 2.45) is 0 Å². The maximum atomic E-state index is 11.3. The molecule has 200 valence electrons. The van der Waals surface area contributed by atoms with Crippen molar-refractivity contribution in [3.05, 3.63) is 27.7 Å². The summed E-state index contributed by atoms with van der Waals surface area (Å²) in [5.74, 6) is -0.0973. The van der Waals surface area contributed by atoms with Gasteiger partial charge < -0.3 is 27.8 Å². The van der Waals surface area contributed by atoms with Crippen molar-refractivity contribution in [1.29, 1.82) is 0 Å². The molecule has 0 aliphatic carbocycles. The molecule has 2 radical (unpaired) electrons. The normalized spacial score (nSPS) is 14.8. The summed E-state index contributed by atoms with van der Waals surface area (Å²) < 4.78 is 12.5. The Morgan fingerprint density at radius 1 is 1.03 bits per heavy atom. The molecule has 1 aliphatic rings. The molecule has 1 amide bonds. The predicted molar refractivity (Wildman–Crippen MR) is 125 cm³/mol. The van der Waals surface area contributed by atoms with Gasteiger partial charge in [-0.15, -0.1) is 0 Å². The summed E-state index contributed by atoms with van der Waals surface area (Å²) in [5, 5.41) is 0. The van der Waals surface area contributed by atoms with E-state index in [4.69, 9.17) is 9.47 Å². The molecular weight excluding hydrogens is 760 g/mol. The van der Waals surface area contributed by atoms with Gasteiger partial charge in [-0.2, -0.15) is 13.8 Å². The van der Waals surface area contributed by atoms with Gasteiger partial charge in [-0.25, -0.2) is 0 Å². The maximum absolute atomic E-state index is 11.3. The molecule has 6 nitrogen and oxygen atoms in total. The Morgan fingerprint density at radius 3 is 1.84 bits per heavy atom. The van der Waals surface area contributed by atoms with Gasteiger partial charge in [0.1, 0.15) is 6.54 Å². The standard InChI is InChI=1S/C17H35N3O3.C3H7.C2H6.CH3.2Au/c1-6-20(5)10-7-18(8-11-20)9-13-22-15-16-23-14-12-19(3,4)17(2)21;1-3-2;1-2;;;/h1-2,6-16H2,3-5H3;3H,1-2H3;1-2H3;1H3;;/q;-1;;-1;;. The van der Waals surface area contributed by atoms with E-state index in [-0.39, 0.29) is 62.6 Å². The van der Waals surface area contributed by atoms with Crippen LogP contribution in [0.25, 0.3) is 0 Å². The Labute approximate surface area is 226 Å². The fraction of sp³-hybridized carbons (Fsp3) is 0.783. The Bertz CT molecular complexity index is 379. The zero-order valence-electron chi connectivity index (χ0n) is 21.4. The topological polar surface area (TPSA) is 38.8 Å². The Morgan fingerprint density at radius 2 is 1.45 bits per heavy atom. The van der Waals surface area contributed by atoms with Crippen LogP contribution >= 0.6 is 0 Å². The zero-order valence-corrected chi connectivity index (χ0v) is 25.8. The van der Waals surface area contributed by atoms with Crippen LogP contribution in [0.4, 0.5) is 0 Å². The van der Waals surface area contributed by atoms with Crippen molar-refractivity contribution in [3.63, 3.8) is 0 Å². The number of quaternary nitrogens is 2. The molecule has 0 saturated carbocycles. The molecular formula is C23H51Au2N3O3-2. The summed E-state index contributed by atoms with van der Waals surface area (Å²) in [4.78, 5) is 13.7. The van der Waals surface area contributed by atoms with Gasteiger partial charge in [-0.05, 0) is 6.54 Å². The quantitative estimate of drug-likeness (QED) is 0.148. The second-order valence-corrected chi connectivity index (χ2v) is 7.74. The van der Waals surface area contributed by atoms with E-state index in [1.54, 1.807) is 0 Å². The van der Waals surface area contributed by atoms with Crippen molar-refractivity contribution >= 4 is 5.91 Å². The van der Waals surface area contributed by atoms with Crippen LogP contribution < -0.4 is 0 Å². The van der Waals surface area contributed by atoms with E-state index >= 15 is 0 Å². The average molecular weight is 812 g/mol. The third kappa shape index (κ3) is 22.4. The minimum absolute atomic E-state index is 0. The fourth-order valence-corrected chi connectivity index (χ4v) is 2.37. The second-order valence-electron chi connectivity index (χ2n) is 7.74. The van der Waals surface area contributed by atoms with Gasteiger partial charge >= 0.3 is 0 Å². The molecule has 0 aromatic carbocycles. The molecule has 0 N–H and O–H groups in total. The Hall–Kier alpha value is 0.821. The summed E-state index contributed by atoms with van der Waals surface area (Å²) in [7, 11) is 5.96. The number of hydrogen-bond acceptors (Lipinski definition) is 4. The number of hydrogen-bond donors (Lipinski definition) is 0.